The second-order valence-corrected chi connectivity index (χ2v) is 6.10. The van der Waals surface area contributed by atoms with E-state index in [0.29, 0.717) is 6.54 Å². The van der Waals surface area contributed by atoms with Crippen LogP contribution in [0.5, 0.6) is 0 Å². The molecule has 0 aliphatic carbocycles. The maximum atomic E-state index is 12.2. The van der Waals surface area contributed by atoms with Gasteiger partial charge in [0.25, 0.3) is 0 Å². The lowest BCUT2D eigenvalue weighted by Crippen LogP contribution is -2.58. The van der Waals surface area contributed by atoms with E-state index < -0.39 is 16.9 Å². The first-order chi connectivity index (χ1) is 9.18. The standard InChI is InChI=1S/C14H24N2O4/c1-6-7-15-14(4,12(19)20-5)9-16-10(17)8-13(2,3)11(16)18/h15H,6-9H2,1-5H3. The predicted molar refractivity (Wildman–Crippen MR) is 73.8 cm³/mol. The third-order valence-corrected chi connectivity index (χ3v) is 3.59. The van der Waals surface area contributed by atoms with Crippen molar-refractivity contribution in [3.8, 4) is 0 Å². The van der Waals surface area contributed by atoms with Gasteiger partial charge in [-0.3, -0.25) is 14.5 Å². The average molecular weight is 284 g/mol. The van der Waals surface area contributed by atoms with Crippen LogP contribution >= 0.6 is 0 Å². The maximum absolute atomic E-state index is 12.2. The van der Waals surface area contributed by atoms with Crippen LogP contribution in [0.2, 0.25) is 0 Å². The second kappa shape index (κ2) is 5.91. The molecule has 0 bridgehead atoms. The molecule has 1 unspecified atom stereocenters. The molecule has 0 aromatic carbocycles. The topological polar surface area (TPSA) is 75.7 Å². The molecule has 1 aliphatic rings. The smallest absolute Gasteiger partial charge is 0.327 e. The van der Waals surface area contributed by atoms with Gasteiger partial charge in [0.1, 0.15) is 5.54 Å². The summed E-state index contributed by atoms with van der Waals surface area (Å²) in [6.07, 6.45) is 1.01. The zero-order valence-corrected chi connectivity index (χ0v) is 12.9. The minimum Gasteiger partial charge on any atom is -0.468 e. The van der Waals surface area contributed by atoms with Gasteiger partial charge in [0.05, 0.1) is 19.1 Å². The van der Waals surface area contributed by atoms with Gasteiger partial charge in [-0.05, 0) is 19.9 Å². The van der Waals surface area contributed by atoms with Crippen molar-refractivity contribution in [2.75, 3.05) is 20.2 Å². The molecule has 1 heterocycles. The number of imide groups is 1. The predicted octanol–water partition coefficient (Wildman–Crippen LogP) is 0.703. The van der Waals surface area contributed by atoms with Crippen LogP contribution in [0.25, 0.3) is 0 Å². The monoisotopic (exact) mass is 284 g/mol. The number of carbonyl (C=O) groups is 3. The highest BCUT2D eigenvalue weighted by atomic mass is 16.5. The Morgan fingerprint density at radius 2 is 2.05 bits per heavy atom. The Balaban J connectivity index is 2.93. The van der Waals surface area contributed by atoms with Crippen LogP contribution in [-0.2, 0) is 19.1 Å². The molecule has 2 amide bonds. The molecule has 1 aliphatic heterocycles. The molecule has 1 fully saturated rings. The van der Waals surface area contributed by atoms with E-state index in [0.717, 1.165) is 6.42 Å². The minimum atomic E-state index is -1.07. The Labute approximate surface area is 119 Å². The number of nitrogens with zero attached hydrogens (tertiary/aromatic N) is 1. The fraction of sp³-hybridized carbons (Fsp3) is 0.786. The highest BCUT2D eigenvalue weighted by Crippen LogP contribution is 2.32. The fourth-order valence-corrected chi connectivity index (χ4v) is 2.32. The van der Waals surface area contributed by atoms with Crippen LogP contribution in [0.4, 0.5) is 0 Å². The summed E-state index contributed by atoms with van der Waals surface area (Å²) in [6, 6.07) is 0. The lowest BCUT2D eigenvalue weighted by atomic mass is 9.92. The number of hydrogen-bond donors (Lipinski definition) is 1. The molecule has 0 spiro atoms. The van der Waals surface area contributed by atoms with E-state index >= 15 is 0 Å². The summed E-state index contributed by atoms with van der Waals surface area (Å²) < 4.78 is 4.79. The summed E-state index contributed by atoms with van der Waals surface area (Å²) in [7, 11) is 1.30. The first-order valence-corrected chi connectivity index (χ1v) is 6.86. The fourth-order valence-electron chi connectivity index (χ4n) is 2.32. The van der Waals surface area contributed by atoms with Gasteiger partial charge in [-0.15, -0.1) is 0 Å². The molecular weight excluding hydrogens is 260 g/mol. The number of methoxy groups -OCH3 is 1. The number of esters is 1. The molecule has 0 aromatic heterocycles. The SMILES string of the molecule is CCCNC(C)(CN1C(=O)CC(C)(C)C1=O)C(=O)OC. The maximum Gasteiger partial charge on any atom is 0.327 e. The van der Waals surface area contributed by atoms with Crippen molar-refractivity contribution in [3.05, 3.63) is 0 Å². The van der Waals surface area contributed by atoms with E-state index in [1.54, 1.807) is 20.8 Å². The van der Waals surface area contributed by atoms with Crippen molar-refractivity contribution in [2.45, 2.75) is 46.1 Å². The highest BCUT2D eigenvalue weighted by Gasteiger charge is 2.48. The highest BCUT2D eigenvalue weighted by molar-refractivity contribution is 6.06. The minimum absolute atomic E-state index is 0.000764. The largest absolute Gasteiger partial charge is 0.468 e. The summed E-state index contributed by atoms with van der Waals surface area (Å²) in [5, 5.41) is 3.07. The van der Waals surface area contributed by atoms with Crippen molar-refractivity contribution >= 4 is 17.8 Å². The van der Waals surface area contributed by atoms with E-state index in [1.165, 1.54) is 12.0 Å². The average Bonchev–Trinajstić information content (AvgIpc) is 2.57. The molecule has 6 nitrogen and oxygen atoms in total. The molecule has 114 valence electrons. The number of hydrogen-bond acceptors (Lipinski definition) is 5. The number of carbonyl (C=O) groups excluding carboxylic acids is 3. The summed E-state index contributed by atoms with van der Waals surface area (Å²) in [6.45, 7) is 7.71. The zero-order valence-electron chi connectivity index (χ0n) is 12.9. The number of nitrogens with one attached hydrogen (secondary N) is 1. The van der Waals surface area contributed by atoms with E-state index in [9.17, 15) is 14.4 Å². The molecular formula is C14H24N2O4. The first kappa shape index (κ1) is 16.6. The van der Waals surface area contributed by atoms with Crippen LogP contribution in [-0.4, -0.2) is 48.4 Å². The van der Waals surface area contributed by atoms with Crippen molar-refractivity contribution in [2.24, 2.45) is 5.41 Å². The van der Waals surface area contributed by atoms with Gasteiger partial charge in [0.2, 0.25) is 11.8 Å². The molecule has 1 rings (SSSR count). The molecule has 0 radical (unpaired) electrons. The molecule has 20 heavy (non-hydrogen) atoms. The molecule has 1 N–H and O–H groups in total. The van der Waals surface area contributed by atoms with E-state index in [4.69, 9.17) is 4.74 Å². The summed E-state index contributed by atoms with van der Waals surface area (Å²) in [5.41, 5.74) is -1.77. The summed E-state index contributed by atoms with van der Waals surface area (Å²) in [4.78, 5) is 37.3. The van der Waals surface area contributed by atoms with Crippen LogP contribution < -0.4 is 5.32 Å². The van der Waals surface area contributed by atoms with Crippen molar-refractivity contribution in [1.82, 2.24) is 10.2 Å². The molecule has 1 atom stereocenters. The van der Waals surface area contributed by atoms with E-state index in [2.05, 4.69) is 5.32 Å². The van der Waals surface area contributed by atoms with Crippen LogP contribution in [0.15, 0.2) is 0 Å². The van der Waals surface area contributed by atoms with E-state index in [-0.39, 0.29) is 24.8 Å². The van der Waals surface area contributed by atoms with Crippen molar-refractivity contribution < 1.29 is 19.1 Å². The lowest BCUT2D eigenvalue weighted by Gasteiger charge is -2.32. The molecule has 0 saturated carbocycles. The number of rotatable bonds is 6. The third kappa shape index (κ3) is 3.17. The number of ether oxygens (including phenoxy) is 1. The van der Waals surface area contributed by atoms with Crippen molar-refractivity contribution in [3.63, 3.8) is 0 Å². The van der Waals surface area contributed by atoms with Crippen LogP contribution in [0.3, 0.4) is 0 Å². The summed E-state index contributed by atoms with van der Waals surface area (Å²) >= 11 is 0. The van der Waals surface area contributed by atoms with Gasteiger partial charge in [-0.2, -0.15) is 0 Å². The van der Waals surface area contributed by atoms with Crippen molar-refractivity contribution in [1.29, 1.82) is 0 Å². The quantitative estimate of drug-likeness (QED) is 0.574. The van der Waals surface area contributed by atoms with Gasteiger partial charge >= 0.3 is 5.97 Å². The second-order valence-electron chi connectivity index (χ2n) is 6.10. The van der Waals surface area contributed by atoms with Gasteiger partial charge < -0.3 is 10.1 Å². The van der Waals surface area contributed by atoms with Crippen LogP contribution in [0, 0.1) is 5.41 Å². The number of amides is 2. The Morgan fingerprint density at radius 1 is 1.45 bits per heavy atom. The van der Waals surface area contributed by atoms with Gasteiger partial charge in [0.15, 0.2) is 0 Å². The number of likely N-dealkylation sites (tertiary alicyclic amines) is 1. The normalized spacial score (nSPS) is 20.9. The zero-order chi connectivity index (χ0) is 15.6. The summed E-state index contributed by atoms with van der Waals surface area (Å²) in [5.74, 6) is -0.958. The third-order valence-electron chi connectivity index (χ3n) is 3.59. The lowest BCUT2D eigenvalue weighted by molar-refractivity contribution is -0.151. The van der Waals surface area contributed by atoms with Crippen LogP contribution in [0.1, 0.15) is 40.5 Å². The Kier molecular flexibility index (Phi) is 4.91. The Bertz CT molecular complexity index is 419. The molecule has 6 heteroatoms. The van der Waals surface area contributed by atoms with Gasteiger partial charge in [-0.25, -0.2) is 4.79 Å². The van der Waals surface area contributed by atoms with Gasteiger partial charge in [0, 0.05) is 6.42 Å². The first-order valence-electron chi connectivity index (χ1n) is 6.86. The van der Waals surface area contributed by atoms with E-state index in [1.807, 2.05) is 6.92 Å². The Hall–Kier alpha value is -1.43. The molecule has 1 saturated heterocycles. The molecule has 0 aromatic rings. The Morgan fingerprint density at radius 3 is 2.45 bits per heavy atom. The van der Waals surface area contributed by atoms with Gasteiger partial charge in [-0.1, -0.05) is 20.8 Å².